The van der Waals surface area contributed by atoms with Crippen molar-refractivity contribution in [3.63, 3.8) is 0 Å². The largest absolute Gasteiger partial charge is 0.376 e. The van der Waals surface area contributed by atoms with E-state index in [1.165, 1.54) is 12.5 Å². The summed E-state index contributed by atoms with van der Waals surface area (Å²) in [5, 5.41) is 3.53. The van der Waals surface area contributed by atoms with Crippen molar-refractivity contribution < 1.29 is 9.13 Å². The van der Waals surface area contributed by atoms with E-state index in [2.05, 4.69) is 28.2 Å². The van der Waals surface area contributed by atoms with Gasteiger partial charge in [0.15, 0.2) is 0 Å². The minimum absolute atomic E-state index is 0.150. The van der Waals surface area contributed by atoms with Crippen LogP contribution in [0.4, 0.5) is 4.39 Å². The maximum Gasteiger partial charge on any atom is 0.137 e. The topological polar surface area (TPSA) is 21.3 Å². The summed E-state index contributed by atoms with van der Waals surface area (Å²) in [7, 11) is 0. The van der Waals surface area contributed by atoms with Gasteiger partial charge in [-0.1, -0.05) is 13.0 Å². The van der Waals surface area contributed by atoms with E-state index in [1.807, 2.05) is 12.1 Å². The fraction of sp³-hybridized carbons (Fsp3) is 0.600. The van der Waals surface area contributed by atoms with Crippen LogP contribution >= 0.6 is 15.9 Å². The first-order valence-electron chi connectivity index (χ1n) is 7.02. The van der Waals surface area contributed by atoms with Gasteiger partial charge in [-0.2, -0.15) is 0 Å². The first-order valence-corrected chi connectivity index (χ1v) is 7.81. The van der Waals surface area contributed by atoms with Crippen molar-refractivity contribution >= 4 is 15.9 Å². The number of ether oxygens (including phenoxy) is 1. The molecular formula is C15H21BrFNO. The van der Waals surface area contributed by atoms with Gasteiger partial charge in [0.1, 0.15) is 5.82 Å². The van der Waals surface area contributed by atoms with E-state index in [-0.39, 0.29) is 18.0 Å². The predicted molar refractivity (Wildman–Crippen MR) is 78.7 cm³/mol. The molecule has 1 N–H and O–H groups in total. The summed E-state index contributed by atoms with van der Waals surface area (Å²) in [5.74, 6) is -0.220. The molecule has 2 unspecified atom stereocenters. The number of nitrogens with one attached hydrogen (secondary N) is 1. The maximum atomic E-state index is 13.4. The molecule has 2 atom stereocenters. The average Bonchev–Trinajstić information content (AvgIpc) is 2.44. The molecule has 1 heterocycles. The molecule has 0 saturated carbocycles. The quantitative estimate of drug-likeness (QED) is 0.874. The van der Waals surface area contributed by atoms with Gasteiger partial charge >= 0.3 is 0 Å². The van der Waals surface area contributed by atoms with Gasteiger partial charge in [-0.05, 0) is 65.9 Å². The van der Waals surface area contributed by atoms with Crippen LogP contribution in [0.5, 0.6) is 0 Å². The van der Waals surface area contributed by atoms with Crippen molar-refractivity contribution in [2.75, 3.05) is 13.2 Å². The lowest BCUT2D eigenvalue weighted by Crippen LogP contribution is -2.36. The standard InChI is InChI=1S/C15H21BrFNO/c1-2-8-18-15(14-5-3-4-9-19-14)11-6-7-13(17)12(16)10-11/h6-7,10,14-15,18H,2-5,8-9H2,1H3. The van der Waals surface area contributed by atoms with Crippen molar-refractivity contribution in [1.29, 1.82) is 0 Å². The third-order valence-electron chi connectivity index (χ3n) is 3.50. The molecule has 19 heavy (non-hydrogen) atoms. The minimum Gasteiger partial charge on any atom is -0.376 e. The van der Waals surface area contributed by atoms with Crippen LogP contribution in [0.25, 0.3) is 0 Å². The van der Waals surface area contributed by atoms with Crippen LogP contribution < -0.4 is 5.32 Å². The smallest absolute Gasteiger partial charge is 0.137 e. The second-order valence-corrected chi connectivity index (χ2v) is 5.86. The molecule has 106 valence electrons. The average molecular weight is 330 g/mol. The Morgan fingerprint density at radius 1 is 1.47 bits per heavy atom. The molecule has 1 aliphatic heterocycles. The molecular weight excluding hydrogens is 309 g/mol. The molecule has 1 aliphatic rings. The summed E-state index contributed by atoms with van der Waals surface area (Å²) in [5.41, 5.74) is 1.09. The van der Waals surface area contributed by atoms with Gasteiger partial charge in [0.25, 0.3) is 0 Å². The fourth-order valence-corrected chi connectivity index (χ4v) is 2.89. The van der Waals surface area contributed by atoms with Crippen molar-refractivity contribution in [2.24, 2.45) is 0 Å². The second-order valence-electron chi connectivity index (χ2n) is 5.01. The van der Waals surface area contributed by atoms with E-state index in [1.54, 1.807) is 0 Å². The van der Waals surface area contributed by atoms with Crippen LogP contribution in [0.1, 0.15) is 44.2 Å². The van der Waals surface area contributed by atoms with Gasteiger partial charge in [-0.3, -0.25) is 0 Å². The number of hydrogen-bond donors (Lipinski definition) is 1. The van der Waals surface area contributed by atoms with E-state index in [4.69, 9.17) is 4.74 Å². The molecule has 2 rings (SSSR count). The normalized spacial score (nSPS) is 21.3. The summed E-state index contributed by atoms with van der Waals surface area (Å²) in [6.07, 6.45) is 4.68. The predicted octanol–water partition coefficient (Wildman–Crippen LogP) is 4.20. The highest BCUT2D eigenvalue weighted by molar-refractivity contribution is 9.10. The monoisotopic (exact) mass is 329 g/mol. The van der Waals surface area contributed by atoms with Crippen LogP contribution in [0.2, 0.25) is 0 Å². The highest BCUT2D eigenvalue weighted by Crippen LogP contribution is 2.29. The van der Waals surface area contributed by atoms with Crippen molar-refractivity contribution in [1.82, 2.24) is 5.32 Å². The Bertz CT molecular complexity index is 407. The van der Waals surface area contributed by atoms with Gasteiger partial charge in [0, 0.05) is 6.61 Å². The van der Waals surface area contributed by atoms with Gasteiger partial charge in [0.2, 0.25) is 0 Å². The highest BCUT2D eigenvalue weighted by atomic mass is 79.9. The Morgan fingerprint density at radius 2 is 2.32 bits per heavy atom. The lowest BCUT2D eigenvalue weighted by molar-refractivity contribution is -0.00817. The molecule has 2 nitrogen and oxygen atoms in total. The number of hydrogen-bond acceptors (Lipinski definition) is 2. The van der Waals surface area contributed by atoms with Crippen LogP contribution in [-0.4, -0.2) is 19.3 Å². The SMILES string of the molecule is CCCNC(c1ccc(F)c(Br)c1)C1CCCCO1. The van der Waals surface area contributed by atoms with Crippen molar-refractivity contribution in [2.45, 2.75) is 44.8 Å². The van der Waals surface area contributed by atoms with E-state index in [9.17, 15) is 4.39 Å². The summed E-state index contributed by atoms with van der Waals surface area (Å²) in [6.45, 7) is 3.92. The van der Waals surface area contributed by atoms with Crippen LogP contribution in [0.15, 0.2) is 22.7 Å². The van der Waals surface area contributed by atoms with Crippen LogP contribution in [0, 0.1) is 5.82 Å². The number of rotatable bonds is 5. The molecule has 0 bridgehead atoms. The van der Waals surface area contributed by atoms with Gasteiger partial charge in [0.05, 0.1) is 16.6 Å². The van der Waals surface area contributed by atoms with E-state index in [0.717, 1.165) is 38.0 Å². The molecule has 4 heteroatoms. The first kappa shape index (κ1) is 14.9. The zero-order valence-corrected chi connectivity index (χ0v) is 12.9. The lowest BCUT2D eigenvalue weighted by Gasteiger charge is -2.31. The van der Waals surface area contributed by atoms with Gasteiger partial charge in [-0.25, -0.2) is 4.39 Å². The molecule has 1 saturated heterocycles. The number of halogens is 2. The third kappa shape index (κ3) is 4.01. The molecule has 0 spiro atoms. The second kappa shape index (κ2) is 7.36. The Hall–Kier alpha value is -0.450. The fourth-order valence-electron chi connectivity index (χ4n) is 2.50. The Kier molecular flexibility index (Phi) is 5.79. The Morgan fingerprint density at radius 3 is 2.95 bits per heavy atom. The first-order chi connectivity index (χ1) is 9.22. The van der Waals surface area contributed by atoms with Gasteiger partial charge in [-0.15, -0.1) is 0 Å². The van der Waals surface area contributed by atoms with E-state index < -0.39 is 0 Å². The summed E-state index contributed by atoms with van der Waals surface area (Å²) >= 11 is 3.26. The van der Waals surface area contributed by atoms with Crippen molar-refractivity contribution in [3.05, 3.63) is 34.1 Å². The highest BCUT2D eigenvalue weighted by Gasteiger charge is 2.25. The molecule has 1 aromatic carbocycles. The summed E-state index contributed by atoms with van der Waals surface area (Å²) in [4.78, 5) is 0. The Labute approximate surface area is 122 Å². The maximum absolute atomic E-state index is 13.4. The minimum atomic E-state index is -0.220. The van der Waals surface area contributed by atoms with Crippen LogP contribution in [-0.2, 0) is 4.74 Å². The lowest BCUT2D eigenvalue weighted by atomic mass is 9.95. The molecule has 0 aliphatic carbocycles. The molecule has 1 aromatic rings. The molecule has 0 aromatic heterocycles. The zero-order valence-electron chi connectivity index (χ0n) is 11.3. The third-order valence-corrected chi connectivity index (χ3v) is 4.11. The molecule has 1 fully saturated rings. The summed E-state index contributed by atoms with van der Waals surface area (Å²) in [6, 6.07) is 5.38. The number of benzene rings is 1. The Balaban J connectivity index is 2.17. The van der Waals surface area contributed by atoms with Crippen molar-refractivity contribution in [3.8, 4) is 0 Å². The zero-order chi connectivity index (χ0) is 13.7. The van der Waals surface area contributed by atoms with E-state index in [0.29, 0.717) is 4.47 Å². The van der Waals surface area contributed by atoms with E-state index >= 15 is 0 Å². The summed E-state index contributed by atoms with van der Waals surface area (Å²) < 4.78 is 19.8. The van der Waals surface area contributed by atoms with Crippen LogP contribution in [0.3, 0.4) is 0 Å². The molecule has 0 amide bonds. The molecule has 0 radical (unpaired) electrons. The van der Waals surface area contributed by atoms with Gasteiger partial charge < -0.3 is 10.1 Å².